The van der Waals surface area contributed by atoms with Crippen LogP contribution in [0.1, 0.15) is 6.42 Å². The molecule has 0 rings (SSSR count). The third-order valence-electron chi connectivity index (χ3n) is 1.24. The number of alkyl halides is 3. The first-order chi connectivity index (χ1) is 5.95. The van der Waals surface area contributed by atoms with Crippen LogP contribution in [0.15, 0.2) is 0 Å². The van der Waals surface area contributed by atoms with E-state index in [1.54, 1.807) is 0 Å². The minimum atomic E-state index is -4.16. The molecule has 0 aromatic heterocycles. The van der Waals surface area contributed by atoms with Gasteiger partial charge in [0.05, 0.1) is 32.3 Å². The van der Waals surface area contributed by atoms with Crippen molar-refractivity contribution in [2.45, 2.75) is 18.6 Å². The molecule has 0 saturated heterocycles. The van der Waals surface area contributed by atoms with Gasteiger partial charge in [-0.05, 0) is 0 Å². The lowest BCUT2D eigenvalue weighted by molar-refractivity contribution is -0.145. The number of hydrogen-bond donors (Lipinski definition) is 1. The average Bonchev–Trinajstić information content (AvgIpc) is 1.97. The summed E-state index contributed by atoms with van der Waals surface area (Å²) in [6, 6.07) is -0.363. The predicted octanol–water partition coefficient (Wildman–Crippen LogP) is 0.929. The first-order valence-electron chi connectivity index (χ1n) is 3.84. The molecule has 0 aliphatic heterocycles. The maximum absolute atomic E-state index is 11.6. The maximum atomic E-state index is 11.6. The molecule has 0 aliphatic rings. The highest BCUT2D eigenvalue weighted by atomic mass is 19.4. The molecule has 0 bridgehead atoms. The lowest BCUT2D eigenvalue weighted by Gasteiger charge is -2.11. The first-order valence-corrected chi connectivity index (χ1v) is 3.84. The fourth-order valence-corrected chi connectivity index (χ4v) is 0.685. The van der Waals surface area contributed by atoms with Crippen molar-refractivity contribution in [3.8, 4) is 0 Å². The molecule has 0 aromatic rings. The largest absolute Gasteiger partial charge is 0.391 e. The lowest BCUT2D eigenvalue weighted by Crippen LogP contribution is -2.31. The van der Waals surface area contributed by atoms with Gasteiger partial charge in [0.15, 0.2) is 0 Å². The van der Waals surface area contributed by atoms with E-state index in [1.165, 1.54) is 7.11 Å². The van der Waals surface area contributed by atoms with Crippen LogP contribution < -0.4 is 5.73 Å². The van der Waals surface area contributed by atoms with E-state index >= 15 is 0 Å². The average molecular weight is 201 g/mol. The Hall–Kier alpha value is -0.330. The molecule has 0 radical (unpaired) electrons. The Kier molecular flexibility index (Phi) is 6.02. The summed E-state index contributed by atoms with van der Waals surface area (Å²) in [6.45, 7) is 0.0247. The Morgan fingerprint density at radius 3 is 2.38 bits per heavy atom. The number of halogens is 3. The highest BCUT2D eigenvalue weighted by molar-refractivity contribution is 4.57. The normalized spacial score (nSPS) is 14.5. The summed E-state index contributed by atoms with van der Waals surface area (Å²) in [5, 5.41) is 0. The van der Waals surface area contributed by atoms with Crippen molar-refractivity contribution < 1.29 is 22.6 Å². The highest BCUT2D eigenvalue weighted by Gasteiger charge is 2.26. The molecule has 1 unspecified atom stereocenters. The lowest BCUT2D eigenvalue weighted by atomic mass is 10.3. The standard InChI is InChI=1S/C7H14F3NO2/c1-12-4-6(11)5-13-3-2-7(8,9)10/h6H,2-5,11H2,1H3. The summed E-state index contributed by atoms with van der Waals surface area (Å²) in [7, 11) is 1.47. The van der Waals surface area contributed by atoms with Crippen LogP contribution in [0.3, 0.4) is 0 Å². The predicted molar refractivity (Wildman–Crippen MR) is 41.3 cm³/mol. The van der Waals surface area contributed by atoms with Gasteiger partial charge in [-0.25, -0.2) is 0 Å². The summed E-state index contributed by atoms with van der Waals surface area (Å²) in [4.78, 5) is 0. The van der Waals surface area contributed by atoms with E-state index in [4.69, 9.17) is 10.5 Å². The van der Waals surface area contributed by atoms with Crippen molar-refractivity contribution in [3.05, 3.63) is 0 Å². The molecular weight excluding hydrogens is 187 g/mol. The van der Waals surface area contributed by atoms with Crippen molar-refractivity contribution in [2.24, 2.45) is 5.73 Å². The Balaban J connectivity index is 3.25. The van der Waals surface area contributed by atoms with Crippen molar-refractivity contribution in [1.82, 2.24) is 0 Å². The molecule has 0 heterocycles. The highest BCUT2D eigenvalue weighted by Crippen LogP contribution is 2.18. The third kappa shape index (κ3) is 9.59. The van der Waals surface area contributed by atoms with E-state index in [0.717, 1.165) is 0 Å². The van der Waals surface area contributed by atoms with Crippen LogP contribution in [0, 0.1) is 0 Å². The first kappa shape index (κ1) is 12.7. The van der Waals surface area contributed by atoms with Gasteiger partial charge >= 0.3 is 6.18 Å². The summed E-state index contributed by atoms with van der Waals surface area (Å²) in [5.41, 5.74) is 5.40. The van der Waals surface area contributed by atoms with Gasteiger partial charge in [0, 0.05) is 7.11 Å². The van der Waals surface area contributed by atoms with Gasteiger partial charge in [0.1, 0.15) is 0 Å². The monoisotopic (exact) mass is 201 g/mol. The second kappa shape index (κ2) is 6.17. The van der Waals surface area contributed by atoms with Crippen LogP contribution in [0.5, 0.6) is 0 Å². The van der Waals surface area contributed by atoms with Gasteiger partial charge in [0.25, 0.3) is 0 Å². The molecule has 0 amide bonds. The van der Waals surface area contributed by atoms with E-state index in [2.05, 4.69) is 4.74 Å². The van der Waals surface area contributed by atoms with Crippen LogP contribution in [0.2, 0.25) is 0 Å². The third-order valence-corrected chi connectivity index (χ3v) is 1.24. The molecule has 0 aliphatic carbocycles. The number of rotatable bonds is 6. The molecule has 0 spiro atoms. The van der Waals surface area contributed by atoms with Crippen LogP contribution in [0.25, 0.3) is 0 Å². The Morgan fingerprint density at radius 1 is 1.31 bits per heavy atom. The molecule has 80 valence electrons. The number of ether oxygens (including phenoxy) is 2. The maximum Gasteiger partial charge on any atom is 0.391 e. The number of nitrogens with two attached hydrogens (primary N) is 1. The quantitative estimate of drug-likeness (QED) is 0.650. The summed E-state index contributed by atoms with van der Waals surface area (Å²) in [5.74, 6) is 0. The molecule has 0 fully saturated rings. The molecule has 3 nitrogen and oxygen atoms in total. The van der Waals surface area contributed by atoms with Gasteiger partial charge in [-0.1, -0.05) is 0 Å². The second-order valence-electron chi connectivity index (χ2n) is 2.66. The van der Waals surface area contributed by atoms with Crippen molar-refractivity contribution in [2.75, 3.05) is 26.9 Å². The Labute approximate surface area is 75.0 Å². The topological polar surface area (TPSA) is 44.5 Å². The van der Waals surface area contributed by atoms with Crippen LogP contribution in [-0.4, -0.2) is 39.1 Å². The van der Waals surface area contributed by atoms with E-state index in [0.29, 0.717) is 0 Å². The molecule has 0 saturated carbocycles. The minimum absolute atomic E-state index is 0.0872. The van der Waals surface area contributed by atoms with Crippen LogP contribution in [-0.2, 0) is 9.47 Å². The molecular formula is C7H14F3NO2. The van der Waals surface area contributed by atoms with Crippen LogP contribution >= 0.6 is 0 Å². The smallest absolute Gasteiger partial charge is 0.383 e. The molecule has 13 heavy (non-hydrogen) atoms. The van der Waals surface area contributed by atoms with Gasteiger partial charge < -0.3 is 15.2 Å². The van der Waals surface area contributed by atoms with Crippen LogP contribution in [0.4, 0.5) is 13.2 Å². The Morgan fingerprint density at radius 2 is 1.92 bits per heavy atom. The van der Waals surface area contributed by atoms with Crippen molar-refractivity contribution in [3.63, 3.8) is 0 Å². The van der Waals surface area contributed by atoms with E-state index in [1.807, 2.05) is 0 Å². The zero-order valence-electron chi connectivity index (χ0n) is 7.43. The van der Waals surface area contributed by atoms with Gasteiger partial charge in [0.2, 0.25) is 0 Å². The van der Waals surface area contributed by atoms with Gasteiger partial charge in [-0.15, -0.1) is 0 Å². The van der Waals surface area contributed by atoms with Crippen molar-refractivity contribution in [1.29, 1.82) is 0 Å². The summed E-state index contributed by atoms with van der Waals surface area (Å²) in [6.07, 6.45) is -5.10. The zero-order valence-corrected chi connectivity index (χ0v) is 7.43. The second-order valence-corrected chi connectivity index (χ2v) is 2.66. The molecule has 0 aromatic carbocycles. The fraction of sp³-hybridized carbons (Fsp3) is 1.00. The molecule has 1 atom stereocenters. The Bertz CT molecular complexity index is 129. The van der Waals surface area contributed by atoms with Gasteiger partial charge in [-0.3, -0.25) is 0 Å². The van der Waals surface area contributed by atoms with Crippen molar-refractivity contribution >= 4 is 0 Å². The van der Waals surface area contributed by atoms with E-state index in [-0.39, 0.29) is 25.9 Å². The molecule has 6 heteroatoms. The fourth-order valence-electron chi connectivity index (χ4n) is 0.685. The summed E-state index contributed by atoms with van der Waals surface area (Å²) < 4.78 is 44.1. The van der Waals surface area contributed by atoms with E-state index in [9.17, 15) is 13.2 Å². The van der Waals surface area contributed by atoms with Gasteiger partial charge in [-0.2, -0.15) is 13.2 Å². The summed E-state index contributed by atoms with van der Waals surface area (Å²) >= 11 is 0. The number of methoxy groups -OCH3 is 1. The minimum Gasteiger partial charge on any atom is -0.383 e. The van der Waals surface area contributed by atoms with E-state index < -0.39 is 12.6 Å². The zero-order chi connectivity index (χ0) is 10.3. The molecule has 2 N–H and O–H groups in total. The SMILES string of the molecule is COCC(N)COCCC(F)(F)F. The number of hydrogen-bond acceptors (Lipinski definition) is 3.